The minimum absolute atomic E-state index is 0.712. The van der Waals surface area contributed by atoms with Crippen LogP contribution >= 0.6 is 12.2 Å². The number of benzene rings is 1. The topological polar surface area (TPSA) is 36.9 Å². The van der Waals surface area contributed by atoms with Crippen LogP contribution in [0.25, 0.3) is 0 Å². The van der Waals surface area contributed by atoms with Crippen molar-refractivity contribution in [3.63, 3.8) is 0 Å². The molecular formula is C15H20N4S. The number of nitrogens with zero attached hydrogens (tertiary/aromatic N) is 3. The molecule has 1 aliphatic heterocycles. The summed E-state index contributed by atoms with van der Waals surface area (Å²) in [5.74, 6) is 0.950. The first-order valence-corrected chi connectivity index (χ1v) is 7.72. The summed E-state index contributed by atoms with van der Waals surface area (Å²) in [6, 6.07) is 8.63. The van der Waals surface area contributed by atoms with Gasteiger partial charge in [0, 0.05) is 18.8 Å². The van der Waals surface area contributed by atoms with Crippen molar-refractivity contribution in [1.29, 1.82) is 0 Å². The lowest BCUT2D eigenvalue weighted by molar-refractivity contribution is 0.655. The van der Waals surface area contributed by atoms with Crippen LogP contribution in [0.2, 0.25) is 0 Å². The van der Waals surface area contributed by atoms with Gasteiger partial charge in [-0.2, -0.15) is 0 Å². The van der Waals surface area contributed by atoms with Crippen LogP contribution in [0.1, 0.15) is 31.7 Å². The van der Waals surface area contributed by atoms with E-state index in [1.807, 2.05) is 0 Å². The highest BCUT2D eigenvalue weighted by Gasteiger charge is 2.20. The fraction of sp³-hybridized carbons (Fsp3) is 0.467. The van der Waals surface area contributed by atoms with Crippen LogP contribution in [0.15, 0.2) is 24.3 Å². The van der Waals surface area contributed by atoms with Gasteiger partial charge in [-0.1, -0.05) is 25.1 Å². The Morgan fingerprint density at radius 1 is 1.30 bits per heavy atom. The average Bonchev–Trinajstić information content (AvgIpc) is 2.71. The van der Waals surface area contributed by atoms with Gasteiger partial charge in [0.25, 0.3) is 0 Å². The van der Waals surface area contributed by atoms with Gasteiger partial charge < -0.3 is 4.90 Å². The quantitative estimate of drug-likeness (QED) is 0.872. The average molecular weight is 288 g/mol. The monoisotopic (exact) mass is 288 g/mol. The van der Waals surface area contributed by atoms with Gasteiger partial charge in [-0.3, -0.25) is 4.57 Å². The van der Waals surface area contributed by atoms with Gasteiger partial charge in [0.15, 0.2) is 4.77 Å². The Bertz CT molecular complexity index is 643. The first kappa shape index (κ1) is 13.4. The maximum Gasteiger partial charge on any atom is 0.230 e. The first-order chi connectivity index (χ1) is 9.81. The van der Waals surface area contributed by atoms with Crippen LogP contribution in [0.3, 0.4) is 0 Å². The van der Waals surface area contributed by atoms with E-state index in [2.05, 4.69) is 50.9 Å². The van der Waals surface area contributed by atoms with Crippen LogP contribution < -0.4 is 4.90 Å². The number of aromatic amines is 1. The molecule has 0 radical (unpaired) electrons. The molecule has 1 N–H and O–H groups in total. The molecule has 0 amide bonds. The number of aryl methyl sites for hydroxylation is 1. The molecule has 20 heavy (non-hydrogen) atoms. The molecule has 106 valence electrons. The van der Waals surface area contributed by atoms with Crippen LogP contribution in [0.5, 0.6) is 0 Å². The van der Waals surface area contributed by atoms with Crippen molar-refractivity contribution in [1.82, 2.24) is 14.8 Å². The molecular weight excluding hydrogens is 268 g/mol. The highest BCUT2D eigenvalue weighted by Crippen LogP contribution is 2.31. The van der Waals surface area contributed by atoms with Crippen LogP contribution in [0.4, 0.5) is 11.6 Å². The van der Waals surface area contributed by atoms with Crippen molar-refractivity contribution in [3.8, 4) is 0 Å². The van der Waals surface area contributed by atoms with Crippen LogP contribution in [-0.2, 0) is 13.0 Å². The van der Waals surface area contributed by atoms with Gasteiger partial charge in [0.1, 0.15) is 0 Å². The second kappa shape index (κ2) is 5.79. The summed E-state index contributed by atoms with van der Waals surface area (Å²) >= 11 is 5.36. The van der Waals surface area contributed by atoms with Crippen LogP contribution in [0, 0.1) is 4.77 Å². The van der Waals surface area contributed by atoms with E-state index in [4.69, 9.17) is 12.2 Å². The molecule has 0 atom stereocenters. The molecule has 1 aliphatic rings. The van der Waals surface area contributed by atoms with Gasteiger partial charge in [0.05, 0.1) is 0 Å². The minimum atomic E-state index is 0.712. The molecule has 0 aliphatic carbocycles. The highest BCUT2D eigenvalue weighted by molar-refractivity contribution is 7.71. The third-order valence-electron chi connectivity index (χ3n) is 3.79. The van der Waals surface area contributed by atoms with Crippen molar-refractivity contribution in [2.24, 2.45) is 0 Å². The number of hydrogen-bond donors (Lipinski definition) is 1. The second-order valence-corrected chi connectivity index (χ2v) is 5.60. The second-order valence-electron chi connectivity index (χ2n) is 5.22. The van der Waals surface area contributed by atoms with E-state index in [9.17, 15) is 0 Å². The maximum absolute atomic E-state index is 5.36. The normalized spacial score (nSPS) is 14.9. The summed E-state index contributed by atoms with van der Waals surface area (Å²) in [6.07, 6.45) is 4.61. The molecule has 4 nitrogen and oxygen atoms in total. The fourth-order valence-corrected chi connectivity index (χ4v) is 3.06. The van der Waals surface area contributed by atoms with Crippen molar-refractivity contribution in [2.45, 2.75) is 39.2 Å². The molecule has 5 heteroatoms. The molecule has 0 saturated heterocycles. The zero-order valence-electron chi connectivity index (χ0n) is 11.8. The van der Waals surface area contributed by atoms with Crippen molar-refractivity contribution in [3.05, 3.63) is 34.6 Å². The summed E-state index contributed by atoms with van der Waals surface area (Å²) in [7, 11) is 0. The Morgan fingerprint density at radius 3 is 3.00 bits per heavy atom. The van der Waals surface area contributed by atoms with E-state index in [0.29, 0.717) is 4.77 Å². The predicted molar refractivity (Wildman–Crippen MR) is 84.1 cm³/mol. The van der Waals surface area contributed by atoms with Gasteiger partial charge in [-0.15, -0.1) is 5.10 Å². The molecule has 0 bridgehead atoms. The Morgan fingerprint density at radius 2 is 2.15 bits per heavy atom. The molecule has 2 aromatic rings. The minimum Gasteiger partial charge on any atom is -0.310 e. The van der Waals surface area contributed by atoms with E-state index in [0.717, 1.165) is 31.9 Å². The molecule has 0 unspecified atom stereocenters. The largest absolute Gasteiger partial charge is 0.310 e. The molecule has 3 rings (SSSR count). The Labute approximate surface area is 124 Å². The summed E-state index contributed by atoms with van der Waals surface area (Å²) in [5.41, 5.74) is 2.68. The fourth-order valence-electron chi connectivity index (χ4n) is 2.84. The van der Waals surface area contributed by atoms with E-state index < -0.39 is 0 Å². The third-order valence-corrected chi connectivity index (χ3v) is 4.10. The Kier molecular flexibility index (Phi) is 3.87. The first-order valence-electron chi connectivity index (χ1n) is 7.32. The zero-order valence-corrected chi connectivity index (χ0v) is 12.6. The molecule has 1 aromatic carbocycles. The number of fused-ring (bicyclic) bond motifs is 1. The molecule has 1 aromatic heterocycles. The van der Waals surface area contributed by atoms with E-state index >= 15 is 0 Å². The number of rotatable bonds is 3. The van der Waals surface area contributed by atoms with Gasteiger partial charge in [0.2, 0.25) is 5.95 Å². The van der Waals surface area contributed by atoms with Crippen molar-refractivity contribution >= 4 is 23.9 Å². The van der Waals surface area contributed by atoms with Gasteiger partial charge >= 0.3 is 0 Å². The summed E-state index contributed by atoms with van der Waals surface area (Å²) < 4.78 is 2.82. The molecule has 0 fully saturated rings. The summed E-state index contributed by atoms with van der Waals surface area (Å²) in [4.78, 5) is 2.31. The number of nitrogens with one attached hydrogen (secondary N) is 1. The number of H-pyrrole nitrogens is 1. The predicted octanol–water partition coefficient (Wildman–Crippen LogP) is 3.83. The Hall–Kier alpha value is -1.62. The van der Waals surface area contributed by atoms with Crippen molar-refractivity contribution < 1.29 is 0 Å². The Balaban J connectivity index is 2.08. The SMILES string of the molecule is CCCn1c(N2CCCCc3ccccc32)n[nH]c1=S. The third kappa shape index (κ3) is 2.38. The smallest absolute Gasteiger partial charge is 0.230 e. The lowest BCUT2D eigenvalue weighted by Crippen LogP contribution is -2.22. The van der Waals surface area contributed by atoms with Gasteiger partial charge in [-0.05, 0) is 49.5 Å². The lowest BCUT2D eigenvalue weighted by Gasteiger charge is -2.24. The number of hydrogen-bond acceptors (Lipinski definition) is 3. The number of para-hydroxylation sites is 1. The lowest BCUT2D eigenvalue weighted by atomic mass is 10.1. The molecule has 0 saturated carbocycles. The van der Waals surface area contributed by atoms with Crippen molar-refractivity contribution in [2.75, 3.05) is 11.4 Å². The number of aromatic nitrogens is 3. The van der Waals surface area contributed by atoms with E-state index in [-0.39, 0.29) is 0 Å². The summed E-state index contributed by atoms with van der Waals surface area (Å²) in [5, 5.41) is 7.41. The maximum atomic E-state index is 5.36. The van der Waals surface area contributed by atoms with E-state index in [1.54, 1.807) is 0 Å². The molecule has 0 spiro atoms. The van der Waals surface area contributed by atoms with Gasteiger partial charge in [-0.25, -0.2) is 5.10 Å². The standard InChI is InChI=1S/C15H20N4S/c1-2-10-19-14(16-17-15(19)20)18-11-6-5-8-12-7-3-4-9-13(12)18/h3-4,7,9H,2,5-6,8,10-11H2,1H3,(H,17,20). The van der Waals surface area contributed by atoms with Crippen LogP contribution in [-0.4, -0.2) is 21.3 Å². The summed E-state index contributed by atoms with van der Waals surface area (Å²) in [6.45, 7) is 4.07. The zero-order chi connectivity index (χ0) is 13.9. The number of anilines is 2. The molecule has 2 heterocycles. The highest BCUT2D eigenvalue weighted by atomic mass is 32.1. The van der Waals surface area contributed by atoms with E-state index in [1.165, 1.54) is 24.1 Å².